The van der Waals surface area contributed by atoms with Crippen LogP contribution in [0.5, 0.6) is 0 Å². The Morgan fingerprint density at radius 3 is 2.71 bits per heavy atom. The quantitative estimate of drug-likeness (QED) is 0.934. The van der Waals surface area contributed by atoms with Crippen LogP contribution < -0.4 is 10.2 Å². The van der Waals surface area contributed by atoms with Crippen LogP contribution in [0.25, 0.3) is 0 Å². The minimum absolute atomic E-state index is 0.0485. The van der Waals surface area contributed by atoms with Gasteiger partial charge in [-0.1, -0.05) is 18.2 Å². The molecule has 5 nitrogen and oxygen atoms in total. The highest BCUT2D eigenvalue weighted by molar-refractivity contribution is 6.00. The van der Waals surface area contributed by atoms with Crippen molar-refractivity contribution in [3.05, 3.63) is 54.2 Å². The number of anilines is 2. The number of para-hydroxylation sites is 1. The molecule has 2 aromatic rings. The van der Waals surface area contributed by atoms with Gasteiger partial charge in [-0.3, -0.25) is 4.79 Å². The van der Waals surface area contributed by atoms with Crippen molar-refractivity contribution in [3.8, 4) is 6.07 Å². The smallest absolute Gasteiger partial charge is 0.249 e. The normalized spacial score (nSPS) is 17.6. The molecule has 0 spiro atoms. The van der Waals surface area contributed by atoms with Crippen LogP contribution in [0.2, 0.25) is 0 Å². The van der Waals surface area contributed by atoms with Crippen molar-refractivity contribution < 1.29 is 4.79 Å². The van der Waals surface area contributed by atoms with Crippen LogP contribution in [0.15, 0.2) is 48.7 Å². The maximum absolute atomic E-state index is 12.4. The third kappa shape index (κ3) is 2.70. The van der Waals surface area contributed by atoms with E-state index in [0.717, 1.165) is 12.1 Å². The molecule has 21 heavy (non-hydrogen) atoms. The zero-order valence-corrected chi connectivity index (χ0v) is 11.4. The van der Waals surface area contributed by atoms with E-state index in [9.17, 15) is 4.79 Å². The molecule has 0 radical (unpaired) electrons. The zero-order valence-electron chi connectivity index (χ0n) is 11.4. The van der Waals surface area contributed by atoms with Crippen molar-refractivity contribution >= 4 is 17.4 Å². The second-order valence-corrected chi connectivity index (χ2v) is 4.85. The number of nitrogens with zero attached hydrogens (tertiary/aromatic N) is 3. The van der Waals surface area contributed by atoms with E-state index < -0.39 is 0 Å². The molecule has 0 aliphatic carbocycles. The van der Waals surface area contributed by atoms with Crippen LogP contribution in [0.1, 0.15) is 12.0 Å². The Bertz CT molecular complexity index is 676. The number of hydrogen-bond donors (Lipinski definition) is 1. The third-order valence-electron chi connectivity index (χ3n) is 3.49. The summed E-state index contributed by atoms with van der Waals surface area (Å²) in [6, 6.07) is 14.8. The Kier molecular flexibility index (Phi) is 3.52. The highest BCUT2D eigenvalue weighted by atomic mass is 16.2. The lowest BCUT2D eigenvalue weighted by Gasteiger charge is -2.17. The van der Waals surface area contributed by atoms with Crippen LogP contribution in [0.3, 0.4) is 0 Å². The van der Waals surface area contributed by atoms with E-state index >= 15 is 0 Å². The second kappa shape index (κ2) is 5.63. The number of nitriles is 1. The molecule has 1 aromatic carbocycles. The van der Waals surface area contributed by atoms with Gasteiger partial charge in [0.15, 0.2) is 0 Å². The predicted octanol–water partition coefficient (Wildman–Crippen LogP) is 2.17. The molecule has 0 saturated carbocycles. The highest BCUT2D eigenvalue weighted by Gasteiger charge is 2.32. The average Bonchev–Trinajstić information content (AvgIpc) is 2.90. The molecule has 1 unspecified atom stereocenters. The van der Waals surface area contributed by atoms with E-state index in [1.54, 1.807) is 17.0 Å². The van der Waals surface area contributed by atoms with E-state index in [0.29, 0.717) is 17.9 Å². The van der Waals surface area contributed by atoms with Crippen LogP contribution >= 0.6 is 0 Å². The zero-order chi connectivity index (χ0) is 14.7. The van der Waals surface area contributed by atoms with Crippen LogP contribution in [-0.4, -0.2) is 23.5 Å². The number of hydrogen-bond acceptors (Lipinski definition) is 4. The molecule has 104 valence electrons. The highest BCUT2D eigenvalue weighted by Crippen LogP contribution is 2.22. The summed E-state index contributed by atoms with van der Waals surface area (Å²) in [4.78, 5) is 18.3. The Morgan fingerprint density at radius 2 is 2.05 bits per heavy atom. The molecule has 1 aromatic heterocycles. The molecule has 0 bridgehead atoms. The van der Waals surface area contributed by atoms with Gasteiger partial charge in [-0.15, -0.1) is 0 Å². The first-order valence-corrected chi connectivity index (χ1v) is 6.77. The van der Waals surface area contributed by atoms with Gasteiger partial charge in [0.2, 0.25) is 5.91 Å². The van der Waals surface area contributed by atoms with Crippen molar-refractivity contribution in [3.63, 3.8) is 0 Å². The third-order valence-corrected chi connectivity index (χ3v) is 3.49. The average molecular weight is 278 g/mol. The summed E-state index contributed by atoms with van der Waals surface area (Å²) in [5, 5.41) is 11.9. The first-order chi connectivity index (χ1) is 10.3. The Labute approximate surface area is 122 Å². The van der Waals surface area contributed by atoms with E-state index in [-0.39, 0.29) is 11.9 Å². The number of aromatic nitrogens is 1. The largest absolute Gasteiger partial charge is 0.358 e. The van der Waals surface area contributed by atoms with E-state index in [2.05, 4.69) is 10.3 Å². The summed E-state index contributed by atoms with van der Waals surface area (Å²) in [6.07, 6.45) is 2.23. The lowest BCUT2D eigenvalue weighted by Crippen LogP contribution is -2.33. The van der Waals surface area contributed by atoms with Gasteiger partial charge in [0.1, 0.15) is 17.9 Å². The monoisotopic (exact) mass is 278 g/mol. The Morgan fingerprint density at radius 1 is 1.24 bits per heavy atom. The predicted molar refractivity (Wildman–Crippen MR) is 79.8 cm³/mol. The summed E-state index contributed by atoms with van der Waals surface area (Å²) in [5.74, 6) is 0.662. The van der Waals surface area contributed by atoms with E-state index in [1.807, 2.05) is 36.4 Å². The molecule has 1 atom stereocenters. The summed E-state index contributed by atoms with van der Waals surface area (Å²) in [6.45, 7) is 0.691. The molecular formula is C16H14N4O. The molecule has 1 amide bonds. The van der Waals surface area contributed by atoms with Crippen LogP contribution in [0.4, 0.5) is 11.5 Å². The van der Waals surface area contributed by atoms with Crippen molar-refractivity contribution in [2.75, 3.05) is 16.8 Å². The van der Waals surface area contributed by atoms with Crippen molar-refractivity contribution in [1.82, 2.24) is 4.98 Å². The van der Waals surface area contributed by atoms with Gasteiger partial charge in [-0.05, 0) is 30.7 Å². The number of nitrogens with one attached hydrogen (secondary N) is 1. The molecule has 3 rings (SSSR count). The number of rotatable bonds is 3. The van der Waals surface area contributed by atoms with Crippen molar-refractivity contribution in [2.45, 2.75) is 12.5 Å². The summed E-state index contributed by atoms with van der Waals surface area (Å²) in [5.41, 5.74) is 1.42. The number of benzene rings is 1. The van der Waals surface area contributed by atoms with Gasteiger partial charge in [-0.2, -0.15) is 5.26 Å². The molecule has 1 fully saturated rings. The maximum Gasteiger partial charge on any atom is 0.249 e. The fraction of sp³-hybridized carbons (Fsp3) is 0.188. The summed E-state index contributed by atoms with van der Waals surface area (Å²) >= 11 is 0. The second-order valence-electron chi connectivity index (χ2n) is 4.85. The topological polar surface area (TPSA) is 69.0 Å². The number of carbonyl (C=O) groups excluding carboxylic acids is 1. The molecule has 5 heteroatoms. The number of amides is 1. The lowest BCUT2D eigenvalue weighted by molar-refractivity contribution is -0.117. The summed E-state index contributed by atoms with van der Waals surface area (Å²) in [7, 11) is 0. The standard InChI is InChI=1S/C16H14N4O/c17-10-12-6-7-15(18-11-12)19-14-8-9-20(16(14)21)13-4-2-1-3-5-13/h1-7,11,14H,8-9H2,(H,18,19). The van der Waals surface area contributed by atoms with Crippen LogP contribution in [0, 0.1) is 11.3 Å². The number of carbonyl (C=O) groups is 1. The number of pyridine rings is 1. The van der Waals surface area contributed by atoms with Gasteiger partial charge >= 0.3 is 0 Å². The van der Waals surface area contributed by atoms with Gasteiger partial charge in [-0.25, -0.2) is 4.98 Å². The van der Waals surface area contributed by atoms with Crippen molar-refractivity contribution in [2.24, 2.45) is 0 Å². The van der Waals surface area contributed by atoms with Gasteiger partial charge in [0.05, 0.1) is 5.56 Å². The van der Waals surface area contributed by atoms with Gasteiger partial charge in [0.25, 0.3) is 0 Å². The fourth-order valence-corrected chi connectivity index (χ4v) is 2.40. The van der Waals surface area contributed by atoms with Crippen molar-refractivity contribution in [1.29, 1.82) is 5.26 Å². The molecule has 1 aliphatic heterocycles. The minimum Gasteiger partial charge on any atom is -0.358 e. The van der Waals surface area contributed by atoms with Crippen LogP contribution in [-0.2, 0) is 4.79 Å². The SMILES string of the molecule is N#Cc1ccc(NC2CCN(c3ccccc3)C2=O)nc1. The van der Waals surface area contributed by atoms with E-state index in [4.69, 9.17) is 5.26 Å². The van der Waals surface area contributed by atoms with Gasteiger partial charge in [0, 0.05) is 18.4 Å². The summed E-state index contributed by atoms with van der Waals surface area (Å²) < 4.78 is 0. The Balaban J connectivity index is 1.70. The fourth-order valence-electron chi connectivity index (χ4n) is 2.40. The Hall–Kier alpha value is -2.87. The van der Waals surface area contributed by atoms with Gasteiger partial charge < -0.3 is 10.2 Å². The molecule has 1 N–H and O–H groups in total. The molecule has 1 saturated heterocycles. The molecular weight excluding hydrogens is 264 g/mol. The minimum atomic E-state index is -0.273. The maximum atomic E-state index is 12.4. The first-order valence-electron chi connectivity index (χ1n) is 6.77. The first kappa shape index (κ1) is 13.1. The molecule has 2 heterocycles. The van der Waals surface area contributed by atoms with E-state index in [1.165, 1.54) is 6.20 Å². The molecule has 1 aliphatic rings. The lowest BCUT2D eigenvalue weighted by atomic mass is 10.2.